The number of halogens is 3. The molecule has 118 valence electrons. The van der Waals surface area contributed by atoms with Crippen molar-refractivity contribution < 1.29 is 18.1 Å². The molecule has 0 atom stereocenters. The molecule has 0 bridgehead atoms. The fourth-order valence-electron chi connectivity index (χ4n) is 2.30. The molecule has 0 unspecified atom stereocenters. The number of non-ortho nitro benzene ring substituents is 1. The van der Waals surface area contributed by atoms with E-state index in [2.05, 4.69) is 5.10 Å². The standard InChI is InChI=1S/C15H10F3N3O2/c16-15(17,18)11-6-4-10(5-7-11)8-20-9-12-13(19-20)2-1-3-14(12)21(22)23/h1-7,9H,8H2. The van der Waals surface area contributed by atoms with E-state index in [4.69, 9.17) is 0 Å². The van der Waals surface area contributed by atoms with Gasteiger partial charge in [-0.05, 0) is 23.8 Å². The molecule has 0 spiro atoms. The maximum Gasteiger partial charge on any atom is 0.416 e. The van der Waals surface area contributed by atoms with Crippen LogP contribution >= 0.6 is 0 Å². The van der Waals surface area contributed by atoms with Gasteiger partial charge in [0.25, 0.3) is 5.69 Å². The minimum Gasteiger partial charge on any atom is -0.267 e. The van der Waals surface area contributed by atoms with E-state index in [1.165, 1.54) is 35.1 Å². The van der Waals surface area contributed by atoms with E-state index in [1.807, 2.05) is 0 Å². The molecule has 0 fully saturated rings. The Hall–Kier alpha value is -2.90. The number of nitro benzene ring substituents is 1. The third kappa shape index (κ3) is 3.01. The second-order valence-electron chi connectivity index (χ2n) is 4.99. The van der Waals surface area contributed by atoms with E-state index in [-0.39, 0.29) is 12.2 Å². The van der Waals surface area contributed by atoms with Crippen molar-refractivity contribution >= 4 is 16.6 Å². The van der Waals surface area contributed by atoms with Crippen molar-refractivity contribution in [3.05, 3.63) is 69.9 Å². The second-order valence-corrected chi connectivity index (χ2v) is 4.99. The van der Waals surface area contributed by atoms with E-state index in [0.717, 1.165) is 12.1 Å². The third-order valence-electron chi connectivity index (χ3n) is 3.40. The highest BCUT2D eigenvalue weighted by Gasteiger charge is 2.29. The summed E-state index contributed by atoms with van der Waals surface area (Å²) in [5.74, 6) is 0. The zero-order valence-corrected chi connectivity index (χ0v) is 11.6. The van der Waals surface area contributed by atoms with Gasteiger partial charge in [0, 0.05) is 12.3 Å². The molecule has 23 heavy (non-hydrogen) atoms. The molecule has 1 aromatic heterocycles. The van der Waals surface area contributed by atoms with Gasteiger partial charge in [-0.3, -0.25) is 14.8 Å². The Morgan fingerprint density at radius 2 is 1.83 bits per heavy atom. The van der Waals surface area contributed by atoms with E-state index >= 15 is 0 Å². The Bertz CT molecular complexity index is 870. The number of benzene rings is 2. The van der Waals surface area contributed by atoms with Crippen LogP contribution in [0.15, 0.2) is 48.7 Å². The van der Waals surface area contributed by atoms with Gasteiger partial charge in [-0.25, -0.2) is 0 Å². The lowest BCUT2D eigenvalue weighted by Gasteiger charge is -2.07. The minimum atomic E-state index is -4.38. The summed E-state index contributed by atoms with van der Waals surface area (Å²) in [4.78, 5) is 10.5. The number of aromatic nitrogens is 2. The highest BCUT2D eigenvalue weighted by Crippen LogP contribution is 2.29. The van der Waals surface area contributed by atoms with E-state index in [1.54, 1.807) is 6.07 Å². The fourth-order valence-corrected chi connectivity index (χ4v) is 2.30. The monoisotopic (exact) mass is 321 g/mol. The smallest absolute Gasteiger partial charge is 0.267 e. The maximum atomic E-state index is 12.5. The van der Waals surface area contributed by atoms with Crippen LogP contribution in [0.2, 0.25) is 0 Å². The lowest BCUT2D eigenvalue weighted by atomic mass is 10.1. The van der Waals surface area contributed by atoms with Crippen LogP contribution in [0.1, 0.15) is 11.1 Å². The summed E-state index contributed by atoms with van der Waals surface area (Å²) in [5, 5.41) is 15.6. The largest absolute Gasteiger partial charge is 0.416 e. The predicted octanol–water partition coefficient (Wildman–Crippen LogP) is 4.01. The zero-order valence-electron chi connectivity index (χ0n) is 11.6. The van der Waals surface area contributed by atoms with Crippen molar-refractivity contribution in [1.29, 1.82) is 0 Å². The second kappa shape index (κ2) is 5.38. The van der Waals surface area contributed by atoms with Gasteiger partial charge < -0.3 is 0 Å². The average molecular weight is 321 g/mol. The molecule has 5 nitrogen and oxygen atoms in total. The molecule has 0 saturated heterocycles. The Morgan fingerprint density at radius 1 is 1.13 bits per heavy atom. The Balaban J connectivity index is 1.90. The molecule has 0 N–H and O–H groups in total. The lowest BCUT2D eigenvalue weighted by Crippen LogP contribution is -2.05. The Kier molecular flexibility index (Phi) is 3.51. The summed E-state index contributed by atoms with van der Waals surface area (Å²) in [6.07, 6.45) is -2.86. The predicted molar refractivity (Wildman–Crippen MR) is 76.9 cm³/mol. The maximum absolute atomic E-state index is 12.5. The van der Waals surface area contributed by atoms with Crippen LogP contribution in [0.4, 0.5) is 18.9 Å². The Labute approximate surface area is 128 Å². The first-order chi connectivity index (χ1) is 10.8. The number of rotatable bonds is 3. The van der Waals surface area contributed by atoms with Crippen molar-refractivity contribution in [3.8, 4) is 0 Å². The van der Waals surface area contributed by atoms with Gasteiger partial charge in [0.05, 0.1) is 27.9 Å². The van der Waals surface area contributed by atoms with Crippen molar-refractivity contribution in [3.63, 3.8) is 0 Å². The van der Waals surface area contributed by atoms with Crippen molar-refractivity contribution in [2.24, 2.45) is 0 Å². The molecule has 2 aromatic carbocycles. The molecule has 0 radical (unpaired) electrons. The van der Waals surface area contributed by atoms with Gasteiger partial charge in [-0.15, -0.1) is 0 Å². The van der Waals surface area contributed by atoms with Crippen molar-refractivity contribution in [2.45, 2.75) is 12.7 Å². The van der Waals surface area contributed by atoms with Gasteiger partial charge >= 0.3 is 6.18 Å². The van der Waals surface area contributed by atoms with Crippen LogP contribution < -0.4 is 0 Å². The molecule has 0 saturated carbocycles. The molecule has 0 aliphatic rings. The van der Waals surface area contributed by atoms with Crippen LogP contribution in [0.5, 0.6) is 0 Å². The number of alkyl halides is 3. The summed E-state index contributed by atoms with van der Waals surface area (Å²) in [7, 11) is 0. The van der Waals surface area contributed by atoms with Gasteiger partial charge in [0.15, 0.2) is 0 Å². The summed E-state index contributed by atoms with van der Waals surface area (Å²) >= 11 is 0. The van der Waals surface area contributed by atoms with Gasteiger partial charge in [-0.2, -0.15) is 18.3 Å². The number of hydrogen-bond donors (Lipinski definition) is 0. The van der Waals surface area contributed by atoms with Gasteiger partial charge in [0.2, 0.25) is 0 Å². The third-order valence-corrected chi connectivity index (χ3v) is 3.40. The average Bonchev–Trinajstić information content (AvgIpc) is 2.88. The lowest BCUT2D eigenvalue weighted by molar-refractivity contribution is -0.383. The van der Waals surface area contributed by atoms with Gasteiger partial charge in [0.1, 0.15) is 0 Å². The van der Waals surface area contributed by atoms with Crippen molar-refractivity contribution in [1.82, 2.24) is 9.78 Å². The number of hydrogen-bond acceptors (Lipinski definition) is 3. The first-order valence-electron chi connectivity index (χ1n) is 6.61. The summed E-state index contributed by atoms with van der Waals surface area (Å²) in [5.41, 5.74) is 0.309. The molecule has 1 heterocycles. The first-order valence-corrected chi connectivity index (χ1v) is 6.61. The molecule has 3 aromatic rings. The normalized spacial score (nSPS) is 11.8. The highest BCUT2D eigenvalue weighted by atomic mass is 19.4. The number of nitrogens with zero attached hydrogens (tertiary/aromatic N) is 3. The van der Waals surface area contributed by atoms with Crippen LogP contribution in [0, 0.1) is 10.1 Å². The molecule has 3 rings (SSSR count). The van der Waals surface area contributed by atoms with E-state index < -0.39 is 16.7 Å². The van der Waals surface area contributed by atoms with Crippen LogP contribution in [-0.4, -0.2) is 14.7 Å². The number of nitro groups is 1. The Morgan fingerprint density at radius 3 is 2.43 bits per heavy atom. The van der Waals surface area contributed by atoms with Crippen LogP contribution in [0.25, 0.3) is 10.9 Å². The highest BCUT2D eigenvalue weighted by molar-refractivity contribution is 5.87. The van der Waals surface area contributed by atoms with E-state index in [9.17, 15) is 23.3 Å². The van der Waals surface area contributed by atoms with Crippen molar-refractivity contribution in [2.75, 3.05) is 0 Å². The minimum absolute atomic E-state index is 0.0545. The summed E-state index contributed by atoms with van der Waals surface area (Å²) < 4.78 is 39.0. The fraction of sp³-hybridized carbons (Fsp3) is 0.133. The van der Waals surface area contributed by atoms with Gasteiger partial charge in [-0.1, -0.05) is 18.2 Å². The quantitative estimate of drug-likeness (QED) is 0.541. The molecular weight excluding hydrogens is 311 g/mol. The molecule has 0 aliphatic carbocycles. The molecular formula is C15H10F3N3O2. The number of fused-ring (bicyclic) bond motifs is 1. The summed E-state index contributed by atoms with van der Waals surface area (Å²) in [6, 6.07) is 9.29. The van der Waals surface area contributed by atoms with Crippen LogP contribution in [-0.2, 0) is 12.7 Å². The molecule has 8 heteroatoms. The summed E-state index contributed by atoms with van der Waals surface area (Å²) in [6.45, 7) is 0.226. The molecule has 0 aliphatic heterocycles. The van der Waals surface area contributed by atoms with Crippen LogP contribution in [0.3, 0.4) is 0 Å². The zero-order chi connectivity index (χ0) is 16.6. The molecule has 0 amide bonds. The topological polar surface area (TPSA) is 61.0 Å². The first kappa shape index (κ1) is 15.0. The SMILES string of the molecule is O=[N+]([O-])c1cccc2nn(Cc3ccc(C(F)(F)F)cc3)cc12. The van der Waals surface area contributed by atoms with E-state index in [0.29, 0.717) is 16.5 Å².